The third-order valence-corrected chi connectivity index (χ3v) is 7.91. The standard InChI is InChI=1S/C26H36F2N2O4S/c1-26(2,11-10-24(31)25(32)23(30)14-18-6-4-3-5-7-18)12-13-35(33,34)17-21(29)16-19-15-20(27)8-9-22(19)28/h3-9,15,21,23,25,32H,10-14,16-17,29-30H2,1-2H3. The van der Waals surface area contributed by atoms with Crippen LogP contribution in [0.1, 0.15) is 44.2 Å². The predicted molar refractivity (Wildman–Crippen MR) is 133 cm³/mol. The van der Waals surface area contributed by atoms with Gasteiger partial charge in [-0.1, -0.05) is 44.2 Å². The molecule has 2 aromatic rings. The zero-order valence-electron chi connectivity index (χ0n) is 20.3. The van der Waals surface area contributed by atoms with Crippen LogP contribution in [0.2, 0.25) is 0 Å². The summed E-state index contributed by atoms with van der Waals surface area (Å²) in [6, 6.07) is 10.7. The lowest BCUT2D eigenvalue weighted by Gasteiger charge is -2.26. The van der Waals surface area contributed by atoms with Crippen molar-refractivity contribution >= 4 is 15.6 Å². The SMILES string of the molecule is CC(C)(CCC(=O)C(O)C(N)Cc1ccccc1)CCS(=O)(=O)CC(N)Cc1cc(F)ccc1F. The first-order chi connectivity index (χ1) is 16.3. The van der Waals surface area contributed by atoms with Crippen LogP contribution in [0.4, 0.5) is 8.78 Å². The summed E-state index contributed by atoms with van der Waals surface area (Å²) in [5, 5.41) is 10.3. The largest absolute Gasteiger partial charge is 0.384 e. The van der Waals surface area contributed by atoms with Crippen molar-refractivity contribution in [1.29, 1.82) is 0 Å². The first-order valence-corrected chi connectivity index (χ1v) is 13.5. The van der Waals surface area contributed by atoms with Crippen LogP contribution in [0, 0.1) is 17.0 Å². The molecule has 3 unspecified atom stereocenters. The van der Waals surface area contributed by atoms with Crippen LogP contribution in [-0.2, 0) is 27.5 Å². The second-order valence-corrected chi connectivity index (χ2v) is 12.2. The number of aliphatic hydroxyl groups is 1. The Bertz CT molecular complexity index is 1080. The van der Waals surface area contributed by atoms with Crippen molar-refractivity contribution in [1.82, 2.24) is 0 Å². The second-order valence-electron chi connectivity index (χ2n) is 9.99. The molecule has 0 aromatic heterocycles. The monoisotopic (exact) mass is 510 g/mol. The van der Waals surface area contributed by atoms with Crippen LogP contribution in [0.25, 0.3) is 0 Å². The van der Waals surface area contributed by atoms with Gasteiger partial charge in [0.25, 0.3) is 0 Å². The molecule has 9 heteroatoms. The topological polar surface area (TPSA) is 123 Å². The highest BCUT2D eigenvalue weighted by Crippen LogP contribution is 2.28. The molecule has 0 fully saturated rings. The Hall–Kier alpha value is -2.20. The van der Waals surface area contributed by atoms with Crippen LogP contribution in [-0.4, -0.2) is 49.0 Å². The molecule has 2 rings (SSSR count). The molecule has 194 valence electrons. The third kappa shape index (κ3) is 10.1. The van der Waals surface area contributed by atoms with Crippen LogP contribution in [0.15, 0.2) is 48.5 Å². The number of aliphatic hydroxyl groups excluding tert-OH is 1. The molecule has 2 aromatic carbocycles. The first kappa shape index (κ1) is 29.0. The van der Waals surface area contributed by atoms with Crippen LogP contribution >= 0.6 is 0 Å². The van der Waals surface area contributed by atoms with Crippen molar-refractivity contribution in [2.75, 3.05) is 11.5 Å². The van der Waals surface area contributed by atoms with Crippen molar-refractivity contribution in [3.63, 3.8) is 0 Å². The van der Waals surface area contributed by atoms with Crippen molar-refractivity contribution in [2.24, 2.45) is 16.9 Å². The van der Waals surface area contributed by atoms with Crippen LogP contribution < -0.4 is 11.5 Å². The van der Waals surface area contributed by atoms with E-state index in [1.54, 1.807) is 0 Å². The van der Waals surface area contributed by atoms with Crippen molar-refractivity contribution in [2.45, 2.75) is 64.1 Å². The Labute approximate surface area is 206 Å². The lowest BCUT2D eigenvalue weighted by molar-refractivity contribution is -0.128. The number of ketones is 1. The maximum Gasteiger partial charge on any atom is 0.162 e. The fourth-order valence-electron chi connectivity index (χ4n) is 3.85. The molecular weight excluding hydrogens is 474 g/mol. The maximum atomic E-state index is 13.8. The Balaban J connectivity index is 1.81. The smallest absolute Gasteiger partial charge is 0.162 e. The van der Waals surface area contributed by atoms with E-state index < -0.39 is 45.1 Å². The number of halogens is 2. The molecule has 0 bridgehead atoms. The maximum absolute atomic E-state index is 13.8. The van der Waals surface area contributed by atoms with E-state index in [0.29, 0.717) is 12.8 Å². The number of carbonyl (C=O) groups is 1. The van der Waals surface area contributed by atoms with E-state index in [0.717, 1.165) is 23.8 Å². The summed E-state index contributed by atoms with van der Waals surface area (Å²) in [4.78, 5) is 12.5. The van der Waals surface area contributed by atoms with E-state index in [1.807, 2.05) is 44.2 Å². The highest BCUT2D eigenvalue weighted by molar-refractivity contribution is 7.91. The van der Waals surface area contributed by atoms with E-state index >= 15 is 0 Å². The van der Waals surface area contributed by atoms with Gasteiger partial charge in [-0.05, 0) is 60.4 Å². The molecule has 0 amide bonds. The van der Waals surface area contributed by atoms with Gasteiger partial charge in [0.1, 0.15) is 17.7 Å². The highest BCUT2D eigenvalue weighted by Gasteiger charge is 2.28. The minimum atomic E-state index is -3.56. The van der Waals surface area contributed by atoms with E-state index in [-0.39, 0.29) is 42.1 Å². The van der Waals surface area contributed by atoms with Gasteiger partial charge in [-0.2, -0.15) is 0 Å². The fourth-order valence-corrected chi connectivity index (χ4v) is 5.65. The lowest BCUT2D eigenvalue weighted by atomic mass is 9.83. The summed E-state index contributed by atoms with van der Waals surface area (Å²) >= 11 is 0. The van der Waals surface area contributed by atoms with Crippen molar-refractivity contribution < 1.29 is 27.1 Å². The summed E-state index contributed by atoms with van der Waals surface area (Å²) in [5.74, 6) is -2.12. The van der Waals surface area contributed by atoms with E-state index in [4.69, 9.17) is 11.5 Å². The quantitative estimate of drug-likeness (QED) is 0.359. The Morgan fingerprint density at radius 1 is 1.03 bits per heavy atom. The molecule has 6 nitrogen and oxygen atoms in total. The molecule has 0 aliphatic carbocycles. The first-order valence-electron chi connectivity index (χ1n) is 11.7. The Morgan fingerprint density at radius 3 is 2.34 bits per heavy atom. The van der Waals surface area contributed by atoms with Crippen molar-refractivity contribution in [3.05, 3.63) is 71.3 Å². The number of benzene rings is 2. The normalized spacial score (nSPS) is 14.9. The van der Waals surface area contributed by atoms with E-state index in [9.17, 15) is 27.1 Å². The van der Waals surface area contributed by atoms with Gasteiger partial charge in [-0.3, -0.25) is 4.79 Å². The number of rotatable bonds is 14. The molecule has 0 heterocycles. The van der Waals surface area contributed by atoms with Gasteiger partial charge in [-0.25, -0.2) is 17.2 Å². The van der Waals surface area contributed by atoms with Gasteiger partial charge >= 0.3 is 0 Å². The molecule has 0 aliphatic rings. The Kier molecular flexibility index (Phi) is 10.5. The highest BCUT2D eigenvalue weighted by atomic mass is 32.2. The predicted octanol–water partition coefficient (Wildman–Crippen LogP) is 2.95. The number of sulfone groups is 1. The molecule has 3 atom stereocenters. The minimum Gasteiger partial charge on any atom is -0.384 e. The molecule has 35 heavy (non-hydrogen) atoms. The zero-order chi connectivity index (χ0) is 26.2. The molecule has 0 spiro atoms. The molecule has 0 saturated heterocycles. The molecule has 0 saturated carbocycles. The summed E-state index contributed by atoms with van der Waals surface area (Å²) in [7, 11) is -3.56. The van der Waals surface area contributed by atoms with E-state index in [1.165, 1.54) is 0 Å². The number of Topliss-reactive ketones (excluding diaryl/α,β-unsaturated/α-hetero) is 1. The Morgan fingerprint density at radius 2 is 1.69 bits per heavy atom. The van der Waals surface area contributed by atoms with Gasteiger partial charge in [-0.15, -0.1) is 0 Å². The van der Waals surface area contributed by atoms with E-state index in [2.05, 4.69) is 0 Å². The number of nitrogens with two attached hydrogens (primary N) is 2. The van der Waals surface area contributed by atoms with Gasteiger partial charge in [0.2, 0.25) is 0 Å². The summed E-state index contributed by atoms with van der Waals surface area (Å²) < 4.78 is 52.3. The van der Waals surface area contributed by atoms with Crippen LogP contribution in [0.5, 0.6) is 0 Å². The lowest BCUT2D eigenvalue weighted by Crippen LogP contribution is -2.42. The van der Waals surface area contributed by atoms with Crippen LogP contribution in [0.3, 0.4) is 0 Å². The molecule has 5 N–H and O–H groups in total. The summed E-state index contributed by atoms with van der Waals surface area (Å²) in [5.41, 5.74) is 12.4. The average Bonchev–Trinajstić information content (AvgIpc) is 2.78. The average molecular weight is 511 g/mol. The zero-order valence-corrected chi connectivity index (χ0v) is 21.1. The molecule has 0 radical (unpaired) electrons. The third-order valence-electron chi connectivity index (χ3n) is 6.15. The molecular formula is C26H36F2N2O4S. The van der Waals surface area contributed by atoms with Gasteiger partial charge in [0.15, 0.2) is 15.6 Å². The van der Waals surface area contributed by atoms with Gasteiger partial charge < -0.3 is 16.6 Å². The molecule has 0 aliphatic heterocycles. The number of hydrogen-bond acceptors (Lipinski definition) is 6. The number of carbonyl (C=O) groups excluding carboxylic acids is 1. The van der Waals surface area contributed by atoms with Gasteiger partial charge in [0.05, 0.1) is 11.5 Å². The summed E-state index contributed by atoms with van der Waals surface area (Å²) in [6.45, 7) is 3.71. The fraction of sp³-hybridized carbons (Fsp3) is 0.500. The number of hydrogen-bond donors (Lipinski definition) is 3. The summed E-state index contributed by atoms with van der Waals surface area (Å²) in [6.07, 6.45) is -0.269. The minimum absolute atomic E-state index is 0.0376. The van der Waals surface area contributed by atoms with Crippen molar-refractivity contribution in [3.8, 4) is 0 Å². The second kappa shape index (κ2) is 12.7. The van der Waals surface area contributed by atoms with Gasteiger partial charge in [0, 0.05) is 18.5 Å².